The van der Waals surface area contributed by atoms with Gasteiger partial charge in [0.1, 0.15) is 48.1 Å². The van der Waals surface area contributed by atoms with Crippen molar-refractivity contribution in [2.24, 2.45) is 29.6 Å². The maximum Gasteiger partial charge on any atom is 0.329 e. The second-order valence-corrected chi connectivity index (χ2v) is 21.4. The molecule has 0 aliphatic carbocycles. The van der Waals surface area contributed by atoms with Gasteiger partial charge in [-0.2, -0.15) is 0 Å². The van der Waals surface area contributed by atoms with E-state index in [9.17, 15) is 48.3 Å². The Morgan fingerprint density at radius 2 is 1.58 bits per heavy atom. The predicted molar refractivity (Wildman–Crippen MR) is 275 cm³/mol. The van der Waals surface area contributed by atoms with Crippen molar-refractivity contribution in [1.29, 1.82) is 0 Å². The number of ether oxygens (including phenoxy) is 3. The van der Waals surface area contributed by atoms with Crippen LogP contribution in [-0.2, 0) is 59.0 Å². The lowest BCUT2D eigenvalue weighted by Crippen LogP contribution is -2.62. The highest BCUT2D eigenvalue weighted by atomic mass is 16.6. The van der Waals surface area contributed by atoms with E-state index in [1.807, 2.05) is 27.7 Å². The summed E-state index contributed by atoms with van der Waals surface area (Å²) in [5.74, 6) is -8.89. The highest BCUT2D eigenvalue weighted by molar-refractivity contribution is 6.05. The largest absolute Gasteiger partial charge is 0.497 e. The van der Waals surface area contributed by atoms with Gasteiger partial charge in [0.05, 0.1) is 31.6 Å². The standard InChI is InChI=1S/C54H83N7O13/c1-14-32(8)44-42(62)28-43(63)74-47(31(6)7)46(64)33(9)48(65)56-38(25-29(2)3)52(69)61-24-16-18-39(61)53(70)60(12)41(27-35-19-21-36(72-13)22-20-35)54(71)73-34(10)45(50(67)57-44)58-49(66)40(26-30(4)5)59(11)51(68)37-17-15-23-55-37/h15,17,19-22,29-34,37-42,44-45,47,55,62H,14,16,18,23-28H2,1-13H3,(H,56,65)(H,57,67)(H,58,66)/t32-,33-,34+,37-,38-,39-,40+,41-,42-,44+,45+,47-/m0/s1. The zero-order valence-electron chi connectivity index (χ0n) is 45.7. The van der Waals surface area contributed by atoms with Crippen molar-refractivity contribution in [3.05, 3.63) is 42.0 Å². The number of hydrogen-bond acceptors (Lipinski definition) is 14. The number of methoxy groups -OCH3 is 1. The van der Waals surface area contributed by atoms with Gasteiger partial charge in [-0.15, -0.1) is 0 Å². The van der Waals surface area contributed by atoms with Gasteiger partial charge in [0.2, 0.25) is 35.4 Å². The zero-order valence-corrected chi connectivity index (χ0v) is 45.7. The minimum Gasteiger partial charge on any atom is -0.497 e. The quantitative estimate of drug-likeness (QED) is 0.102. The molecular formula is C54H83N7O13. The number of cyclic esters (lactones) is 2. The monoisotopic (exact) mass is 1040 g/mol. The van der Waals surface area contributed by atoms with Gasteiger partial charge in [-0.3, -0.25) is 43.7 Å². The molecule has 5 N–H and O–H groups in total. The van der Waals surface area contributed by atoms with E-state index >= 15 is 0 Å². The van der Waals surface area contributed by atoms with Crippen LogP contribution in [-0.4, -0.2) is 168 Å². The van der Waals surface area contributed by atoms with E-state index in [-0.39, 0.29) is 50.0 Å². The first-order chi connectivity index (χ1) is 34.8. The number of amides is 6. The lowest BCUT2D eigenvalue weighted by Gasteiger charge is -2.36. The highest BCUT2D eigenvalue weighted by Crippen LogP contribution is 2.26. The second-order valence-electron chi connectivity index (χ2n) is 21.4. The number of aliphatic hydroxyl groups excluding tert-OH is 1. The number of hydrogen-bond donors (Lipinski definition) is 5. The molecule has 3 aliphatic rings. The van der Waals surface area contributed by atoms with Crippen LogP contribution < -0.4 is 26.0 Å². The fraction of sp³-hybridized carbons (Fsp3) is 0.685. The Kier molecular flexibility index (Phi) is 22.6. The summed E-state index contributed by atoms with van der Waals surface area (Å²) in [6.45, 7) is 17.6. The first kappa shape index (κ1) is 60.7. The Hall–Kier alpha value is -5.89. The van der Waals surface area contributed by atoms with Crippen LogP contribution in [0.2, 0.25) is 0 Å². The lowest BCUT2D eigenvalue weighted by molar-refractivity contribution is -0.163. The molecule has 0 unspecified atom stereocenters. The highest BCUT2D eigenvalue weighted by Gasteiger charge is 2.45. The van der Waals surface area contributed by atoms with Gasteiger partial charge < -0.3 is 50.0 Å². The van der Waals surface area contributed by atoms with Crippen LogP contribution in [0.1, 0.15) is 113 Å². The number of carbonyl (C=O) groups is 9. The third kappa shape index (κ3) is 15.8. The summed E-state index contributed by atoms with van der Waals surface area (Å²) in [6.07, 6.45) is -0.439. The maximum absolute atomic E-state index is 14.9. The Morgan fingerprint density at radius 1 is 0.919 bits per heavy atom. The molecule has 0 radical (unpaired) electrons. The molecule has 12 atom stereocenters. The van der Waals surface area contributed by atoms with Gasteiger partial charge in [0.15, 0.2) is 11.9 Å². The molecule has 1 aromatic rings. The molecule has 6 amide bonds. The maximum atomic E-state index is 14.9. The van der Waals surface area contributed by atoms with Gasteiger partial charge in [0, 0.05) is 33.6 Å². The number of rotatable bonds is 14. The number of carbonyl (C=O) groups excluding carboxylic acids is 9. The lowest BCUT2D eigenvalue weighted by atomic mass is 9.91. The van der Waals surface area contributed by atoms with Crippen LogP contribution in [0.25, 0.3) is 0 Å². The number of nitrogens with zero attached hydrogens (tertiary/aromatic N) is 3. The molecule has 412 valence electrons. The average molecular weight is 1040 g/mol. The van der Waals surface area contributed by atoms with Crippen LogP contribution >= 0.6 is 0 Å². The number of nitrogens with one attached hydrogen (secondary N) is 4. The van der Waals surface area contributed by atoms with Crippen LogP contribution in [0.4, 0.5) is 0 Å². The summed E-state index contributed by atoms with van der Waals surface area (Å²) < 4.78 is 17.2. The SMILES string of the molecule is CC[C@H](C)[C@H]1NC(=O)[C@H](NC(=O)[C@@H](CC(C)C)N(C)C(=O)[C@@H]2C=CCN2)[C@@H](C)OC(=O)[C@H](Cc2ccc(OC)cc2)N(C)C(=O)[C@@H]2CCCN2C(=O)[C@H](CC(C)C)NC(=O)[C@@H](C)C(=O)[C@H](C(C)C)OC(=O)C[C@@H]1O. The van der Waals surface area contributed by atoms with Crippen molar-refractivity contribution in [3.63, 3.8) is 0 Å². The van der Waals surface area contributed by atoms with Gasteiger partial charge in [-0.25, -0.2) is 4.79 Å². The van der Waals surface area contributed by atoms with E-state index in [4.69, 9.17) is 14.2 Å². The Morgan fingerprint density at radius 3 is 2.15 bits per heavy atom. The molecule has 2 saturated heterocycles. The Bertz CT molecular complexity index is 2180. The number of benzene rings is 1. The van der Waals surface area contributed by atoms with Gasteiger partial charge >= 0.3 is 11.9 Å². The number of likely N-dealkylation sites (N-methyl/N-ethyl adjacent to an activating group) is 2. The molecule has 0 saturated carbocycles. The summed E-state index contributed by atoms with van der Waals surface area (Å²) in [6, 6.07) is -1.43. The van der Waals surface area contributed by atoms with Crippen molar-refractivity contribution in [3.8, 4) is 5.75 Å². The van der Waals surface area contributed by atoms with E-state index in [0.717, 1.165) is 0 Å². The summed E-state index contributed by atoms with van der Waals surface area (Å²) >= 11 is 0. The molecule has 1 aromatic carbocycles. The second kappa shape index (κ2) is 27.6. The minimum atomic E-state index is -1.68. The van der Waals surface area contributed by atoms with Crippen molar-refractivity contribution in [2.45, 2.75) is 175 Å². The van der Waals surface area contributed by atoms with E-state index in [2.05, 4.69) is 21.3 Å². The molecule has 3 heterocycles. The van der Waals surface area contributed by atoms with Crippen LogP contribution in [0.5, 0.6) is 5.75 Å². The molecule has 0 bridgehead atoms. The van der Waals surface area contributed by atoms with Crippen molar-refractivity contribution in [1.82, 2.24) is 36.0 Å². The Labute approximate surface area is 436 Å². The number of fused-ring (bicyclic) bond motifs is 1. The molecule has 3 aliphatic heterocycles. The smallest absolute Gasteiger partial charge is 0.329 e. The van der Waals surface area contributed by atoms with E-state index in [0.29, 0.717) is 30.7 Å². The molecule has 20 heteroatoms. The molecule has 74 heavy (non-hydrogen) atoms. The summed E-state index contributed by atoms with van der Waals surface area (Å²) in [7, 11) is 4.42. The topological polar surface area (TPSA) is 259 Å². The molecule has 0 spiro atoms. The van der Waals surface area contributed by atoms with Crippen LogP contribution in [0.3, 0.4) is 0 Å². The minimum absolute atomic E-state index is 0.0948. The number of ketones is 1. The summed E-state index contributed by atoms with van der Waals surface area (Å²) in [4.78, 5) is 133. The van der Waals surface area contributed by atoms with Gasteiger partial charge in [-0.05, 0) is 80.9 Å². The number of Topliss-reactive ketones (excluding diaryl/α,β-unsaturated/α-hetero) is 1. The summed E-state index contributed by atoms with van der Waals surface area (Å²) in [5.41, 5.74) is 0.599. The normalized spacial score (nSPS) is 28.1. The zero-order chi connectivity index (χ0) is 55.3. The predicted octanol–water partition coefficient (Wildman–Crippen LogP) is 2.47. The van der Waals surface area contributed by atoms with Gasteiger partial charge in [-0.1, -0.05) is 86.1 Å². The molecular weight excluding hydrogens is 955 g/mol. The third-order valence-electron chi connectivity index (χ3n) is 14.4. The molecule has 0 aromatic heterocycles. The van der Waals surface area contributed by atoms with Crippen molar-refractivity contribution in [2.75, 3.05) is 34.3 Å². The fourth-order valence-corrected chi connectivity index (χ4v) is 9.61. The fourth-order valence-electron chi connectivity index (χ4n) is 9.61. The number of esters is 2. The van der Waals surface area contributed by atoms with Crippen LogP contribution in [0.15, 0.2) is 36.4 Å². The van der Waals surface area contributed by atoms with Crippen molar-refractivity contribution < 1.29 is 62.5 Å². The van der Waals surface area contributed by atoms with Gasteiger partial charge in [0.25, 0.3) is 0 Å². The first-order valence-corrected chi connectivity index (χ1v) is 26.2. The van der Waals surface area contributed by atoms with E-state index in [1.165, 1.54) is 49.8 Å². The van der Waals surface area contributed by atoms with Crippen molar-refractivity contribution >= 4 is 53.2 Å². The molecule has 2 fully saturated rings. The number of aliphatic hydroxyl groups is 1. The summed E-state index contributed by atoms with van der Waals surface area (Å²) in [5, 5.41) is 23.2. The Balaban J connectivity index is 1.88. The molecule has 4 rings (SSSR count). The molecule has 20 nitrogen and oxygen atoms in total. The first-order valence-electron chi connectivity index (χ1n) is 26.2. The third-order valence-corrected chi connectivity index (χ3v) is 14.4. The van der Waals surface area contributed by atoms with Crippen LogP contribution in [0, 0.1) is 29.6 Å². The van der Waals surface area contributed by atoms with E-state index < -0.39 is 132 Å². The van der Waals surface area contributed by atoms with E-state index in [1.54, 1.807) is 64.1 Å². The average Bonchev–Trinajstić information content (AvgIpc) is 4.09.